The molecule has 1 saturated carbocycles. The molecule has 4 nitrogen and oxygen atoms in total. The molecule has 2 unspecified atom stereocenters. The van der Waals surface area contributed by atoms with Crippen LogP contribution in [-0.2, 0) is 0 Å². The van der Waals surface area contributed by atoms with Crippen LogP contribution in [0.1, 0.15) is 19.3 Å². The Hall–Kier alpha value is -1.12. The third-order valence-corrected chi connectivity index (χ3v) is 4.35. The monoisotopic (exact) mass is 338 g/mol. The van der Waals surface area contributed by atoms with Crippen molar-refractivity contribution in [2.24, 2.45) is 0 Å². The summed E-state index contributed by atoms with van der Waals surface area (Å²) in [5.41, 5.74) is 0.268. The second kappa shape index (κ2) is 5.26. The number of hydrogen-bond acceptors (Lipinski definition) is 5. The first-order valence-electron chi connectivity index (χ1n) is 6.19. The molecular formula is C12H10ClF3N2O2S. The predicted molar refractivity (Wildman–Crippen MR) is 71.6 cm³/mol. The van der Waals surface area contributed by atoms with Crippen molar-refractivity contribution in [1.82, 2.24) is 9.97 Å². The van der Waals surface area contributed by atoms with E-state index in [9.17, 15) is 18.3 Å². The molecule has 0 bridgehead atoms. The first-order chi connectivity index (χ1) is 9.84. The maximum atomic E-state index is 13.9. The number of halogens is 4. The summed E-state index contributed by atoms with van der Waals surface area (Å²) in [6, 6.07) is 1.08. The van der Waals surface area contributed by atoms with Crippen molar-refractivity contribution in [2.45, 2.75) is 37.4 Å². The van der Waals surface area contributed by atoms with Crippen molar-refractivity contribution in [3.63, 3.8) is 0 Å². The van der Waals surface area contributed by atoms with Crippen molar-refractivity contribution >= 4 is 33.3 Å². The van der Waals surface area contributed by atoms with Crippen LogP contribution in [0.3, 0.4) is 0 Å². The van der Waals surface area contributed by atoms with Gasteiger partial charge in [-0.3, -0.25) is 0 Å². The Kier molecular flexibility index (Phi) is 3.71. The van der Waals surface area contributed by atoms with Gasteiger partial charge >= 0.3 is 0 Å². The van der Waals surface area contributed by atoms with Crippen molar-refractivity contribution < 1.29 is 23.0 Å². The van der Waals surface area contributed by atoms with Gasteiger partial charge in [0.15, 0.2) is 10.3 Å². The van der Waals surface area contributed by atoms with E-state index in [0.717, 1.165) is 17.4 Å². The Labute approximate surface area is 126 Å². The summed E-state index contributed by atoms with van der Waals surface area (Å²) in [4.78, 5) is 8.09. The lowest BCUT2D eigenvalue weighted by atomic mass is 9.91. The van der Waals surface area contributed by atoms with Crippen LogP contribution in [0.4, 0.5) is 13.2 Å². The van der Waals surface area contributed by atoms with Gasteiger partial charge < -0.3 is 9.84 Å². The lowest BCUT2D eigenvalue weighted by Crippen LogP contribution is -2.43. The molecule has 3 rings (SSSR count). The number of alkyl halides is 2. The fourth-order valence-electron chi connectivity index (χ4n) is 2.22. The van der Waals surface area contributed by atoms with Gasteiger partial charge in [0.2, 0.25) is 0 Å². The van der Waals surface area contributed by atoms with Crippen LogP contribution in [0, 0.1) is 5.82 Å². The summed E-state index contributed by atoms with van der Waals surface area (Å²) in [7, 11) is 0. The Balaban J connectivity index is 1.88. The number of aliphatic hydroxyl groups is 1. The molecule has 0 aromatic carbocycles. The number of pyridine rings is 1. The molecule has 2 heterocycles. The van der Waals surface area contributed by atoms with Gasteiger partial charge in [0.05, 0.1) is 12.5 Å². The minimum absolute atomic E-state index is 0.103. The minimum atomic E-state index is -2.93. The van der Waals surface area contributed by atoms with Crippen LogP contribution in [0.2, 0.25) is 4.47 Å². The summed E-state index contributed by atoms with van der Waals surface area (Å²) in [5.74, 6) is -4.19. The normalized spacial score (nSPS) is 25.2. The highest BCUT2D eigenvalue weighted by Crippen LogP contribution is 2.36. The fourth-order valence-corrected chi connectivity index (χ4v) is 3.17. The summed E-state index contributed by atoms with van der Waals surface area (Å²) in [6.07, 6.45) is -3.46. The Morgan fingerprint density at radius 2 is 2.19 bits per heavy atom. The molecule has 2 aromatic rings. The van der Waals surface area contributed by atoms with Crippen LogP contribution in [0.5, 0.6) is 5.88 Å². The zero-order chi connectivity index (χ0) is 15.2. The van der Waals surface area contributed by atoms with Crippen molar-refractivity contribution in [1.29, 1.82) is 0 Å². The molecule has 1 N–H and O–H groups in total. The van der Waals surface area contributed by atoms with Crippen LogP contribution in [-0.4, -0.2) is 33.2 Å². The second-order valence-electron chi connectivity index (χ2n) is 4.89. The van der Waals surface area contributed by atoms with Crippen LogP contribution in [0.25, 0.3) is 10.3 Å². The Bertz CT molecular complexity index is 682. The molecule has 2 aromatic heterocycles. The lowest BCUT2D eigenvalue weighted by Gasteiger charge is -2.32. The van der Waals surface area contributed by atoms with Gasteiger partial charge in [0.25, 0.3) is 11.8 Å². The number of fused-ring (bicyclic) bond motifs is 1. The van der Waals surface area contributed by atoms with Gasteiger partial charge in [-0.05, 0) is 6.42 Å². The molecule has 0 amide bonds. The highest BCUT2D eigenvalue weighted by molar-refractivity contribution is 7.21. The summed E-state index contributed by atoms with van der Waals surface area (Å²) < 4.78 is 45.9. The maximum Gasteiger partial charge on any atom is 0.252 e. The number of hydrogen-bond donors (Lipinski definition) is 1. The number of nitrogens with zero attached hydrogens (tertiary/aromatic N) is 2. The summed E-state index contributed by atoms with van der Waals surface area (Å²) in [6.45, 7) is 0. The van der Waals surface area contributed by atoms with Crippen LogP contribution < -0.4 is 4.74 Å². The van der Waals surface area contributed by atoms with E-state index in [1.165, 1.54) is 0 Å². The quantitative estimate of drug-likeness (QED) is 0.911. The molecule has 114 valence electrons. The van der Waals surface area contributed by atoms with Crippen LogP contribution in [0.15, 0.2) is 6.07 Å². The molecule has 1 aliphatic carbocycles. The average molecular weight is 339 g/mol. The van der Waals surface area contributed by atoms with Gasteiger partial charge in [-0.1, -0.05) is 22.9 Å². The number of ether oxygens (including phenoxy) is 1. The molecule has 0 radical (unpaired) electrons. The van der Waals surface area contributed by atoms with Gasteiger partial charge in [0, 0.05) is 12.5 Å². The second-order valence-corrected chi connectivity index (χ2v) is 6.45. The maximum absolute atomic E-state index is 13.9. The topological polar surface area (TPSA) is 55.2 Å². The molecule has 0 aliphatic heterocycles. The van der Waals surface area contributed by atoms with E-state index >= 15 is 0 Å². The summed E-state index contributed by atoms with van der Waals surface area (Å²) >= 11 is 6.73. The van der Waals surface area contributed by atoms with Gasteiger partial charge in [-0.2, -0.15) is 4.98 Å². The van der Waals surface area contributed by atoms with E-state index in [0.29, 0.717) is 4.83 Å². The zero-order valence-corrected chi connectivity index (χ0v) is 12.1. The largest absolute Gasteiger partial charge is 0.469 e. The molecule has 2 atom stereocenters. The summed E-state index contributed by atoms with van der Waals surface area (Å²) in [5, 5.41) is 9.73. The average Bonchev–Trinajstić information content (AvgIpc) is 2.73. The molecule has 1 aliphatic rings. The minimum Gasteiger partial charge on any atom is -0.469 e. The SMILES string of the molecule is OC1CCC(F)(F)CC1Oc1nc2sc(Cl)nc2cc1F. The van der Waals surface area contributed by atoms with Gasteiger partial charge in [-0.15, -0.1) is 0 Å². The van der Waals surface area contributed by atoms with Crippen molar-refractivity contribution in [3.05, 3.63) is 16.4 Å². The van der Waals surface area contributed by atoms with E-state index in [1.807, 2.05) is 0 Å². The molecule has 0 saturated heterocycles. The van der Waals surface area contributed by atoms with E-state index in [1.54, 1.807) is 0 Å². The Morgan fingerprint density at radius 3 is 2.95 bits per heavy atom. The van der Waals surface area contributed by atoms with E-state index in [2.05, 4.69) is 9.97 Å². The zero-order valence-electron chi connectivity index (χ0n) is 10.5. The van der Waals surface area contributed by atoms with E-state index in [-0.39, 0.29) is 16.4 Å². The van der Waals surface area contributed by atoms with Gasteiger partial charge in [-0.25, -0.2) is 18.2 Å². The number of thiazole rings is 1. The number of rotatable bonds is 2. The number of aliphatic hydroxyl groups excluding tert-OH is 1. The highest BCUT2D eigenvalue weighted by atomic mass is 35.5. The lowest BCUT2D eigenvalue weighted by molar-refractivity contribution is -0.114. The first kappa shape index (κ1) is 14.8. The number of aromatic nitrogens is 2. The molecular weight excluding hydrogens is 329 g/mol. The van der Waals surface area contributed by atoms with Crippen molar-refractivity contribution in [3.8, 4) is 5.88 Å². The van der Waals surface area contributed by atoms with E-state index < -0.39 is 42.7 Å². The third-order valence-electron chi connectivity index (χ3n) is 3.28. The molecule has 9 heteroatoms. The smallest absolute Gasteiger partial charge is 0.252 e. The molecule has 21 heavy (non-hydrogen) atoms. The van der Waals surface area contributed by atoms with Crippen LogP contribution >= 0.6 is 22.9 Å². The van der Waals surface area contributed by atoms with Gasteiger partial charge in [0.1, 0.15) is 16.5 Å². The molecule has 1 fully saturated rings. The standard InChI is InChI=1S/C12H10ClF3N2O2S/c13-11-17-6-3-5(14)9(18-10(6)21-11)20-8-4-12(15,16)2-1-7(8)19/h3,7-8,19H,1-2,4H2. The highest BCUT2D eigenvalue weighted by Gasteiger charge is 2.42. The Morgan fingerprint density at radius 1 is 1.43 bits per heavy atom. The molecule has 0 spiro atoms. The fraction of sp³-hybridized carbons (Fsp3) is 0.500. The third kappa shape index (κ3) is 3.07. The van der Waals surface area contributed by atoms with Crippen molar-refractivity contribution in [2.75, 3.05) is 0 Å². The van der Waals surface area contributed by atoms with E-state index in [4.69, 9.17) is 16.3 Å². The first-order valence-corrected chi connectivity index (χ1v) is 7.39. The predicted octanol–water partition coefficient (Wildman–Crippen LogP) is 3.41.